The van der Waals surface area contributed by atoms with Crippen LogP contribution in [0.25, 0.3) is 0 Å². The number of carbonyl (C=O) groups is 3. The molecule has 0 aliphatic heterocycles. The molecule has 0 aliphatic carbocycles. The Hall–Kier alpha value is -3.22. The molecule has 0 radical (unpaired) electrons. The number of ether oxygens (including phenoxy) is 1. The summed E-state index contributed by atoms with van der Waals surface area (Å²) in [5.74, 6) is -1.92. The third-order valence-corrected chi connectivity index (χ3v) is 3.79. The predicted molar refractivity (Wildman–Crippen MR) is 99.8 cm³/mol. The summed E-state index contributed by atoms with van der Waals surface area (Å²) in [6.45, 7) is 3.29. The Morgan fingerprint density at radius 3 is 2.15 bits per heavy atom. The molecule has 2 N–H and O–H groups in total. The topological polar surface area (TPSA) is 84.5 Å². The molecule has 0 heterocycles. The number of anilines is 2. The second-order valence-electron chi connectivity index (χ2n) is 6.03. The normalized spacial score (nSPS) is 10.2. The molecular weight excluding hydrogens is 351 g/mol. The molecule has 27 heavy (non-hydrogen) atoms. The summed E-state index contributed by atoms with van der Waals surface area (Å²) in [6.07, 6.45) is -0.188. The maximum atomic E-state index is 12.8. The summed E-state index contributed by atoms with van der Waals surface area (Å²) in [7, 11) is 0. The lowest BCUT2D eigenvalue weighted by atomic mass is 10.1. The number of aryl methyl sites for hydroxylation is 2. The molecule has 0 unspecified atom stereocenters. The van der Waals surface area contributed by atoms with Crippen LogP contribution in [-0.4, -0.2) is 24.4 Å². The third-order valence-electron chi connectivity index (χ3n) is 3.79. The summed E-state index contributed by atoms with van der Waals surface area (Å²) in [6, 6.07) is 10.9. The van der Waals surface area contributed by atoms with Crippen LogP contribution >= 0.6 is 0 Å². The SMILES string of the molecule is Cc1cccc(C)c1NC(=O)CCC(=O)OCC(=O)Nc1ccc(F)cc1. The van der Waals surface area contributed by atoms with Gasteiger partial charge in [0, 0.05) is 17.8 Å². The molecule has 2 rings (SSSR count). The molecular formula is C20H21FN2O4. The molecule has 0 atom stereocenters. The highest BCUT2D eigenvalue weighted by molar-refractivity contribution is 5.95. The van der Waals surface area contributed by atoms with Crippen molar-refractivity contribution in [2.45, 2.75) is 26.7 Å². The molecule has 2 aromatic carbocycles. The molecule has 0 spiro atoms. The molecule has 2 amide bonds. The van der Waals surface area contributed by atoms with Gasteiger partial charge in [-0.25, -0.2) is 4.39 Å². The Balaban J connectivity index is 1.71. The second kappa shape index (κ2) is 9.47. The number of nitrogens with one attached hydrogen (secondary N) is 2. The number of rotatable bonds is 7. The Morgan fingerprint density at radius 2 is 1.52 bits per heavy atom. The second-order valence-corrected chi connectivity index (χ2v) is 6.03. The van der Waals surface area contributed by atoms with Crippen molar-refractivity contribution in [3.05, 3.63) is 59.4 Å². The summed E-state index contributed by atoms with van der Waals surface area (Å²) >= 11 is 0. The van der Waals surface area contributed by atoms with E-state index in [-0.39, 0.29) is 18.7 Å². The molecule has 7 heteroatoms. The van der Waals surface area contributed by atoms with Gasteiger partial charge in [-0.2, -0.15) is 0 Å². The summed E-state index contributed by atoms with van der Waals surface area (Å²) in [5, 5.41) is 5.25. The highest BCUT2D eigenvalue weighted by atomic mass is 19.1. The van der Waals surface area contributed by atoms with Gasteiger partial charge in [-0.3, -0.25) is 14.4 Å². The van der Waals surface area contributed by atoms with E-state index in [1.165, 1.54) is 24.3 Å². The summed E-state index contributed by atoms with van der Waals surface area (Å²) < 4.78 is 17.6. The number of hydrogen-bond donors (Lipinski definition) is 2. The first-order chi connectivity index (χ1) is 12.8. The van der Waals surface area contributed by atoms with Gasteiger partial charge in [-0.05, 0) is 49.2 Å². The van der Waals surface area contributed by atoms with E-state index in [0.29, 0.717) is 5.69 Å². The van der Waals surface area contributed by atoms with Gasteiger partial charge in [0.1, 0.15) is 5.82 Å². The maximum absolute atomic E-state index is 12.8. The zero-order valence-corrected chi connectivity index (χ0v) is 15.2. The molecule has 6 nitrogen and oxygen atoms in total. The van der Waals surface area contributed by atoms with Gasteiger partial charge in [0.15, 0.2) is 6.61 Å². The molecule has 0 saturated heterocycles. The highest BCUT2D eigenvalue weighted by Gasteiger charge is 2.12. The van der Waals surface area contributed by atoms with Crippen LogP contribution in [0.15, 0.2) is 42.5 Å². The quantitative estimate of drug-likeness (QED) is 0.730. The number of amides is 2. The van der Waals surface area contributed by atoms with Crippen molar-refractivity contribution in [1.82, 2.24) is 0 Å². The first-order valence-corrected chi connectivity index (χ1v) is 8.42. The average molecular weight is 372 g/mol. The van der Waals surface area contributed by atoms with Crippen LogP contribution in [0.2, 0.25) is 0 Å². The lowest BCUT2D eigenvalue weighted by Gasteiger charge is -2.11. The van der Waals surface area contributed by atoms with Gasteiger partial charge in [-0.1, -0.05) is 18.2 Å². The van der Waals surface area contributed by atoms with Crippen LogP contribution in [-0.2, 0) is 19.1 Å². The van der Waals surface area contributed by atoms with Crippen molar-refractivity contribution in [2.75, 3.05) is 17.2 Å². The van der Waals surface area contributed by atoms with Crippen molar-refractivity contribution in [3.63, 3.8) is 0 Å². The van der Waals surface area contributed by atoms with Crippen LogP contribution in [0.5, 0.6) is 0 Å². The Labute approximate surface area is 156 Å². The number of esters is 1. The molecule has 0 saturated carbocycles. The number of para-hydroxylation sites is 1. The average Bonchev–Trinajstić information content (AvgIpc) is 2.63. The van der Waals surface area contributed by atoms with E-state index in [2.05, 4.69) is 10.6 Å². The molecule has 0 aromatic heterocycles. The maximum Gasteiger partial charge on any atom is 0.306 e. The number of hydrogen-bond acceptors (Lipinski definition) is 4. The monoisotopic (exact) mass is 372 g/mol. The number of carbonyl (C=O) groups excluding carboxylic acids is 3. The van der Waals surface area contributed by atoms with E-state index >= 15 is 0 Å². The molecule has 0 aliphatic rings. The fourth-order valence-electron chi connectivity index (χ4n) is 2.38. The lowest BCUT2D eigenvalue weighted by Crippen LogP contribution is -2.22. The minimum atomic E-state index is -0.652. The fourth-order valence-corrected chi connectivity index (χ4v) is 2.38. The van der Waals surface area contributed by atoms with Crippen molar-refractivity contribution in [3.8, 4) is 0 Å². The van der Waals surface area contributed by atoms with Gasteiger partial charge in [-0.15, -0.1) is 0 Å². The first-order valence-electron chi connectivity index (χ1n) is 8.42. The van der Waals surface area contributed by atoms with E-state index in [9.17, 15) is 18.8 Å². The molecule has 0 fully saturated rings. The van der Waals surface area contributed by atoms with Gasteiger partial charge >= 0.3 is 5.97 Å². The number of halogens is 1. The first kappa shape index (κ1) is 20.1. The van der Waals surface area contributed by atoms with E-state index < -0.39 is 24.3 Å². The van der Waals surface area contributed by atoms with Crippen LogP contribution in [0, 0.1) is 19.7 Å². The van der Waals surface area contributed by atoms with Crippen LogP contribution in [0.1, 0.15) is 24.0 Å². The van der Waals surface area contributed by atoms with Gasteiger partial charge in [0.2, 0.25) is 5.91 Å². The predicted octanol–water partition coefficient (Wildman–Crippen LogP) is 3.34. The largest absolute Gasteiger partial charge is 0.456 e. The van der Waals surface area contributed by atoms with Crippen molar-refractivity contribution >= 4 is 29.2 Å². The standard InChI is InChI=1S/C20H21FN2O4/c1-13-4-3-5-14(2)20(13)23-17(24)10-11-19(26)27-12-18(25)22-16-8-6-15(21)7-9-16/h3-9H,10-12H2,1-2H3,(H,22,25)(H,23,24). The Kier molecular flexibility index (Phi) is 7.05. The Morgan fingerprint density at radius 1 is 0.889 bits per heavy atom. The molecule has 2 aromatic rings. The van der Waals surface area contributed by atoms with Gasteiger partial charge < -0.3 is 15.4 Å². The van der Waals surface area contributed by atoms with Crippen LogP contribution in [0.4, 0.5) is 15.8 Å². The van der Waals surface area contributed by atoms with E-state index in [4.69, 9.17) is 4.74 Å². The minimum Gasteiger partial charge on any atom is -0.456 e. The van der Waals surface area contributed by atoms with E-state index in [1.807, 2.05) is 32.0 Å². The molecule has 142 valence electrons. The van der Waals surface area contributed by atoms with Crippen LogP contribution in [0.3, 0.4) is 0 Å². The highest BCUT2D eigenvalue weighted by Crippen LogP contribution is 2.19. The van der Waals surface area contributed by atoms with Gasteiger partial charge in [0.05, 0.1) is 6.42 Å². The lowest BCUT2D eigenvalue weighted by molar-refractivity contribution is -0.147. The zero-order chi connectivity index (χ0) is 19.8. The van der Waals surface area contributed by atoms with E-state index in [0.717, 1.165) is 16.8 Å². The van der Waals surface area contributed by atoms with Crippen LogP contribution < -0.4 is 10.6 Å². The van der Waals surface area contributed by atoms with Crippen molar-refractivity contribution < 1.29 is 23.5 Å². The van der Waals surface area contributed by atoms with E-state index in [1.54, 1.807) is 0 Å². The summed E-state index contributed by atoms with van der Waals surface area (Å²) in [4.78, 5) is 35.4. The van der Waals surface area contributed by atoms with Gasteiger partial charge in [0.25, 0.3) is 5.91 Å². The number of benzene rings is 2. The molecule has 0 bridgehead atoms. The fraction of sp³-hybridized carbons (Fsp3) is 0.250. The zero-order valence-electron chi connectivity index (χ0n) is 15.2. The Bertz CT molecular complexity index is 814. The van der Waals surface area contributed by atoms with Crippen molar-refractivity contribution in [2.24, 2.45) is 0 Å². The third kappa shape index (κ3) is 6.54. The smallest absolute Gasteiger partial charge is 0.306 e. The van der Waals surface area contributed by atoms with Crippen molar-refractivity contribution in [1.29, 1.82) is 0 Å². The summed E-state index contributed by atoms with van der Waals surface area (Å²) in [5.41, 5.74) is 2.99. The minimum absolute atomic E-state index is 0.0494.